The predicted molar refractivity (Wildman–Crippen MR) is 134 cm³/mol. The lowest BCUT2D eigenvalue weighted by Crippen LogP contribution is -2.37. The molecule has 33 heavy (non-hydrogen) atoms. The highest BCUT2D eigenvalue weighted by Gasteiger charge is 2.16. The topological polar surface area (TPSA) is 90.8 Å². The van der Waals surface area contributed by atoms with Crippen LogP contribution >= 0.6 is 0 Å². The molecule has 0 saturated carbocycles. The second kappa shape index (κ2) is 11.2. The van der Waals surface area contributed by atoms with Crippen LogP contribution in [0.15, 0.2) is 59.7 Å². The first-order valence-electron chi connectivity index (χ1n) is 11.3. The number of nitrogens with one attached hydrogen (secondary N) is 2. The molecule has 2 aromatic carbocycles. The fourth-order valence-corrected chi connectivity index (χ4v) is 3.55. The third kappa shape index (κ3) is 6.17. The van der Waals surface area contributed by atoms with E-state index in [0.29, 0.717) is 31.1 Å². The van der Waals surface area contributed by atoms with E-state index in [1.54, 1.807) is 6.21 Å². The summed E-state index contributed by atoms with van der Waals surface area (Å²) in [4.78, 5) is 18.0. The Balaban J connectivity index is 1.50. The van der Waals surface area contributed by atoms with Crippen LogP contribution < -0.4 is 20.5 Å². The van der Waals surface area contributed by atoms with Crippen LogP contribution in [0.2, 0.25) is 0 Å². The molecule has 2 heterocycles. The number of rotatable bonds is 9. The molecule has 1 aliphatic rings. The van der Waals surface area contributed by atoms with E-state index in [1.807, 2.05) is 42.5 Å². The minimum absolute atomic E-state index is 0.376. The fraction of sp³-hybridized carbons (Fsp3) is 0.333. The van der Waals surface area contributed by atoms with Crippen molar-refractivity contribution in [2.24, 2.45) is 5.10 Å². The SMILES string of the molecule is CCN(CC)c1ccc(C=NNc2nc(Nc3ccccc3)nc(N3CCOCC3)n2)cc1. The molecular weight excluding hydrogens is 416 g/mol. The van der Waals surface area contributed by atoms with Crippen LogP contribution in [-0.2, 0) is 4.74 Å². The maximum atomic E-state index is 5.46. The number of morpholine rings is 1. The van der Waals surface area contributed by atoms with Crippen LogP contribution in [0.3, 0.4) is 0 Å². The number of benzene rings is 2. The van der Waals surface area contributed by atoms with Crippen molar-refractivity contribution in [3.8, 4) is 0 Å². The Morgan fingerprint density at radius 1 is 0.939 bits per heavy atom. The van der Waals surface area contributed by atoms with Crippen LogP contribution in [0.1, 0.15) is 19.4 Å². The third-order valence-corrected chi connectivity index (χ3v) is 5.35. The number of hydrogen-bond donors (Lipinski definition) is 2. The first-order valence-corrected chi connectivity index (χ1v) is 11.3. The quantitative estimate of drug-likeness (QED) is 0.379. The Labute approximate surface area is 194 Å². The molecule has 3 aromatic rings. The Hall–Kier alpha value is -3.72. The number of nitrogens with zero attached hydrogens (tertiary/aromatic N) is 6. The van der Waals surface area contributed by atoms with E-state index in [4.69, 9.17) is 4.74 Å². The molecule has 4 rings (SSSR count). The van der Waals surface area contributed by atoms with Crippen molar-refractivity contribution in [3.63, 3.8) is 0 Å². The largest absolute Gasteiger partial charge is 0.378 e. The van der Waals surface area contributed by atoms with Crippen molar-refractivity contribution in [2.45, 2.75) is 13.8 Å². The summed E-state index contributed by atoms with van der Waals surface area (Å²) in [6, 6.07) is 18.1. The van der Waals surface area contributed by atoms with E-state index in [0.717, 1.165) is 37.4 Å². The maximum Gasteiger partial charge on any atom is 0.250 e. The molecule has 0 amide bonds. The lowest BCUT2D eigenvalue weighted by Gasteiger charge is -2.27. The van der Waals surface area contributed by atoms with Crippen molar-refractivity contribution < 1.29 is 4.74 Å². The van der Waals surface area contributed by atoms with Gasteiger partial charge in [-0.15, -0.1) is 0 Å². The Morgan fingerprint density at radius 2 is 1.64 bits per heavy atom. The van der Waals surface area contributed by atoms with Gasteiger partial charge in [0.05, 0.1) is 19.4 Å². The van der Waals surface area contributed by atoms with E-state index < -0.39 is 0 Å². The van der Waals surface area contributed by atoms with Gasteiger partial charge in [0.15, 0.2) is 0 Å². The molecule has 2 N–H and O–H groups in total. The van der Waals surface area contributed by atoms with E-state index in [-0.39, 0.29) is 0 Å². The van der Waals surface area contributed by atoms with Crippen molar-refractivity contribution in [1.82, 2.24) is 15.0 Å². The molecule has 9 heteroatoms. The summed E-state index contributed by atoms with van der Waals surface area (Å²) in [6.07, 6.45) is 1.76. The van der Waals surface area contributed by atoms with Gasteiger partial charge in [-0.3, -0.25) is 0 Å². The summed E-state index contributed by atoms with van der Waals surface area (Å²) < 4.78 is 5.46. The first-order chi connectivity index (χ1) is 16.2. The zero-order valence-corrected chi connectivity index (χ0v) is 19.1. The van der Waals surface area contributed by atoms with Gasteiger partial charge in [0.25, 0.3) is 0 Å². The van der Waals surface area contributed by atoms with Crippen molar-refractivity contribution >= 4 is 35.4 Å². The minimum atomic E-state index is 0.376. The van der Waals surface area contributed by atoms with Crippen molar-refractivity contribution in [1.29, 1.82) is 0 Å². The predicted octanol–water partition coefficient (Wildman–Crippen LogP) is 3.74. The molecule has 0 aliphatic carbocycles. The van der Waals surface area contributed by atoms with Gasteiger partial charge in [0.1, 0.15) is 0 Å². The monoisotopic (exact) mass is 446 g/mol. The van der Waals surface area contributed by atoms with Gasteiger partial charge in [0, 0.05) is 37.6 Å². The highest BCUT2D eigenvalue weighted by atomic mass is 16.5. The number of aromatic nitrogens is 3. The van der Waals surface area contributed by atoms with E-state index >= 15 is 0 Å². The smallest absolute Gasteiger partial charge is 0.250 e. The van der Waals surface area contributed by atoms with Crippen LogP contribution in [0.25, 0.3) is 0 Å². The van der Waals surface area contributed by atoms with E-state index in [1.165, 1.54) is 5.69 Å². The second-order valence-corrected chi connectivity index (χ2v) is 7.51. The average molecular weight is 447 g/mol. The van der Waals surface area contributed by atoms with Gasteiger partial charge in [-0.2, -0.15) is 20.1 Å². The molecule has 0 radical (unpaired) electrons. The average Bonchev–Trinajstić information content (AvgIpc) is 2.87. The number of ether oxygens (including phenoxy) is 1. The van der Waals surface area contributed by atoms with E-state index in [2.05, 4.69) is 66.6 Å². The maximum absolute atomic E-state index is 5.46. The zero-order chi connectivity index (χ0) is 22.9. The number of hydrazone groups is 1. The lowest BCUT2D eigenvalue weighted by atomic mass is 10.2. The molecule has 0 atom stereocenters. The van der Waals surface area contributed by atoms with E-state index in [9.17, 15) is 0 Å². The van der Waals surface area contributed by atoms with Gasteiger partial charge >= 0.3 is 0 Å². The highest BCUT2D eigenvalue weighted by Crippen LogP contribution is 2.19. The summed E-state index contributed by atoms with van der Waals surface area (Å²) in [5.41, 5.74) is 6.05. The van der Waals surface area contributed by atoms with Crippen LogP contribution in [0.5, 0.6) is 0 Å². The summed E-state index contributed by atoms with van der Waals surface area (Å²) in [5.74, 6) is 1.42. The highest BCUT2D eigenvalue weighted by molar-refractivity contribution is 5.80. The van der Waals surface area contributed by atoms with Crippen molar-refractivity contribution in [2.75, 3.05) is 59.9 Å². The summed E-state index contributed by atoms with van der Waals surface area (Å²) >= 11 is 0. The molecule has 0 spiro atoms. The number of anilines is 5. The van der Waals surface area contributed by atoms with Gasteiger partial charge in [0.2, 0.25) is 17.8 Å². The summed E-state index contributed by atoms with van der Waals surface area (Å²) in [6.45, 7) is 9.04. The van der Waals surface area contributed by atoms with Crippen molar-refractivity contribution in [3.05, 3.63) is 60.2 Å². The zero-order valence-electron chi connectivity index (χ0n) is 19.1. The normalized spacial score (nSPS) is 13.8. The third-order valence-electron chi connectivity index (χ3n) is 5.35. The van der Waals surface area contributed by atoms with Crippen LogP contribution in [0.4, 0.5) is 29.2 Å². The Morgan fingerprint density at radius 3 is 2.33 bits per heavy atom. The molecule has 1 saturated heterocycles. The Bertz CT molecular complexity index is 1030. The Kier molecular flexibility index (Phi) is 7.65. The van der Waals surface area contributed by atoms with Gasteiger partial charge in [-0.05, 0) is 43.7 Å². The molecule has 0 bridgehead atoms. The molecule has 1 aromatic heterocycles. The fourth-order valence-electron chi connectivity index (χ4n) is 3.55. The molecule has 172 valence electrons. The second-order valence-electron chi connectivity index (χ2n) is 7.51. The van der Waals surface area contributed by atoms with Gasteiger partial charge in [-0.1, -0.05) is 30.3 Å². The van der Waals surface area contributed by atoms with Gasteiger partial charge in [-0.25, -0.2) is 5.43 Å². The number of para-hydroxylation sites is 1. The molecule has 0 unspecified atom stereocenters. The van der Waals surface area contributed by atoms with Gasteiger partial charge < -0.3 is 19.9 Å². The molecule has 1 fully saturated rings. The lowest BCUT2D eigenvalue weighted by molar-refractivity contribution is 0.122. The summed E-state index contributed by atoms with van der Waals surface area (Å²) in [5, 5.41) is 7.59. The molecule has 1 aliphatic heterocycles. The standard InChI is InChI=1S/C24H30N8O/c1-3-31(4-2)21-12-10-19(11-13-21)18-25-30-23-27-22(26-20-8-6-5-7-9-20)28-24(29-23)32-14-16-33-17-15-32/h5-13,18H,3-4,14-17H2,1-2H3,(H2,26,27,28,29,30). The van der Waals surface area contributed by atoms with Crippen LogP contribution in [0, 0.1) is 0 Å². The number of hydrogen-bond acceptors (Lipinski definition) is 9. The molecule has 9 nitrogen and oxygen atoms in total. The van der Waals surface area contributed by atoms with Crippen LogP contribution in [-0.4, -0.2) is 60.6 Å². The first kappa shape index (κ1) is 22.5. The molecular formula is C24H30N8O. The minimum Gasteiger partial charge on any atom is -0.378 e. The summed E-state index contributed by atoms with van der Waals surface area (Å²) in [7, 11) is 0.